The Bertz CT molecular complexity index is 315. The Morgan fingerprint density at radius 2 is 2.27 bits per heavy atom. The Labute approximate surface area is 69.8 Å². The smallest absolute Gasteiger partial charge is 0.107 e. The van der Waals surface area contributed by atoms with E-state index in [9.17, 15) is 0 Å². The summed E-state index contributed by atoms with van der Waals surface area (Å²) in [5.74, 6) is 0. The predicted molar refractivity (Wildman–Crippen MR) is 48.3 cm³/mol. The van der Waals surface area contributed by atoms with Crippen molar-refractivity contribution < 1.29 is 0 Å². The molecule has 11 heavy (non-hydrogen) atoms. The van der Waals surface area contributed by atoms with Gasteiger partial charge in [-0.1, -0.05) is 36.1 Å². The zero-order valence-electron chi connectivity index (χ0n) is 5.90. The molecule has 0 spiro atoms. The topological polar surface area (TPSA) is 12.9 Å². The zero-order chi connectivity index (χ0) is 7.52. The van der Waals surface area contributed by atoms with Crippen LogP contribution in [0.4, 0.5) is 0 Å². The van der Waals surface area contributed by atoms with Crippen molar-refractivity contribution in [2.75, 3.05) is 0 Å². The first-order valence-electron chi connectivity index (χ1n) is 3.42. The number of hydrogen-bond donors (Lipinski definition) is 0. The highest BCUT2D eigenvalue weighted by molar-refractivity contribution is 8.02. The summed E-state index contributed by atoms with van der Waals surface area (Å²) < 4.78 is 0. The Morgan fingerprint density at radius 1 is 1.27 bits per heavy atom. The van der Waals surface area contributed by atoms with Crippen molar-refractivity contribution in [3.05, 3.63) is 41.5 Å². The number of rotatable bonds is 0. The van der Waals surface area contributed by atoms with Crippen LogP contribution in [0.15, 0.2) is 40.9 Å². The Morgan fingerprint density at radius 3 is 3.27 bits per heavy atom. The van der Waals surface area contributed by atoms with Crippen molar-refractivity contribution >= 4 is 17.8 Å². The maximum atomic E-state index is 4.24. The van der Waals surface area contributed by atoms with Gasteiger partial charge >= 0.3 is 0 Å². The fraction of sp³-hybridized carbons (Fsp3) is 0. The molecule has 1 aliphatic rings. The van der Waals surface area contributed by atoms with Gasteiger partial charge in [0.1, 0.15) is 5.03 Å². The third-order valence-electron chi connectivity index (χ3n) is 1.45. The minimum atomic E-state index is 1.08. The van der Waals surface area contributed by atoms with Gasteiger partial charge in [0, 0.05) is 11.8 Å². The van der Waals surface area contributed by atoms with E-state index in [1.807, 2.05) is 29.8 Å². The fourth-order valence-electron chi connectivity index (χ4n) is 0.937. The van der Waals surface area contributed by atoms with E-state index in [1.165, 1.54) is 5.56 Å². The molecule has 0 atom stereocenters. The van der Waals surface area contributed by atoms with Crippen LogP contribution in [-0.2, 0) is 0 Å². The van der Waals surface area contributed by atoms with Crippen LogP contribution < -0.4 is 0 Å². The predicted octanol–water partition coefficient (Wildman–Crippen LogP) is 2.71. The molecule has 1 aromatic heterocycles. The maximum absolute atomic E-state index is 4.24. The molecule has 0 bridgehead atoms. The van der Waals surface area contributed by atoms with E-state index in [4.69, 9.17) is 0 Å². The van der Waals surface area contributed by atoms with Crippen LogP contribution in [0.1, 0.15) is 5.56 Å². The third kappa shape index (κ3) is 1.35. The number of pyridine rings is 1. The number of allylic oxidation sites excluding steroid dienone is 2. The third-order valence-corrected chi connectivity index (χ3v) is 2.30. The van der Waals surface area contributed by atoms with Gasteiger partial charge in [-0.3, -0.25) is 0 Å². The van der Waals surface area contributed by atoms with Gasteiger partial charge in [0.25, 0.3) is 0 Å². The lowest BCUT2D eigenvalue weighted by Gasteiger charge is -1.97. The highest BCUT2D eigenvalue weighted by Gasteiger charge is 1.99. The number of fused-ring (bicyclic) bond motifs is 1. The number of hydrogen-bond acceptors (Lipinski definition) is 2. The molecule has 2 heteroatoms. The zero-order valence-corrected chi connectivity index (χ0v) is 6.71. The largest absolute Gasteiger partial charge is 0.249 e. The van der Waals surface area contributed by atoms with Gasteiger partial charge in [-0.25, -0.2) is 4.98 Å². The van der Waals surface area contributed by atoms with Gasteiger partial charge in [-0.05, 0) is 11.5 Å². The van der Waals surface area contributed by atoms with E-state index < -0.39 is 0 Å². The summed E-state index contributed by atoms with van der Waals surface area (Å²) in [5, 5.41) is 3.12. The normalized spacial score (nSPS) is 14.2. The molecule has 1 aromatic rings. The molecule has 0 saturated heterocycles. The molecule has 1 nitrogen and oxygen atoms in total. The van der Waals surface area contributed by atoms with Crippen molar-refractivity contribution in [3.63, 3.8) is 0 Å². The summed E-state index contributed by atoms with van der Waals surface area (Å²) in [6.07, 6.45) is 7.94. The molecule has 0 amide bonds. The van der Waals surface area contributed by atoms with Crippen molar-refractivity contribution in [3.8, 4) is 0 Å². The molecule has 54 valence electrons. The Balaban J connectivity index is 2.52. The van der Waals surface area contributed by atoms with Gasteiger partial charge in [0.05, 0.1) is 0 Å². The van der Waals surface area contributed by atoms with E-state index in [1.54, 1.807) is 11.8 Å². The fourth-order valence-corrected chi connectivity index (χ4v) is 1.63. The van der Waals surface area contributed by atoms with E-state index in [0.717, 1.165) is 5.03 Å². The maximum Gasteiger partial charge on any atom is 0.107 e. The first-order chi connectivity index (χ1) is 5.47. The van der Waals surface area contributed by atoms with Crippen LogP contribution in [0, 0.1) is 0 Å². The first-order valence-corrected chi connectivity index (χ1v) is 4.30. The SMILES string of the molecule is C1=CSc2ncccc2C=C1. The van der Waals surface area contributed by atoms with Crippen molar-refractivity contribution in [2.24, 2.45) is 0 Å². The average molecular weight is 161 g/mol. The average Bonchev–Trinajstić information content (AvgIpc) is 2.28. The van der Waals surface area contributed by atoms with Crippen LogP contribution in [0.3, 0.4) is 0 Å². The molecule has 0 unspecified atom stereocenters. The lowest BCUT2D eigenvalue weighted by Crippen LogP contribution is -1.80. The molecule has 0 aliphatic carbocycles. The molecular weight excluding hydrogens is 154 g/mol. The summed E-state index contributed by atoms with van der Waals surface area (Å²) in [7, 11) is 0. The van der Waals surface area contributed by atoms with E-state index in [-0.39, 0.29) is 0 Å². The van der Waals surface area contributed by atoms with Crippen molar-refractivity contribution in [2.45, 2.75) is 5.03 Å². The van der Waals surface area contributed by atoms with Gasteiger partial charge in [0.15, 0.2) is 0 Å². The highest BCUT2D eigenvalue weighted by atomic mass is 32.2. The second-order valence-corrected chi connectivity index (χ2v) is 3.10. The molecule has 0 aromatic carbocycles. The van der Waals surface area contributed by atoms with Crippen LogP contribution in [0.25, 0.3) is 6.08 Å². The molecule has 0 saturated carbocycles. The summed E-state index contributed by atoms with van der Waals surface area (Å²) in [6, 6.07) is 4.02. The molecule has 2 rings (SSSR count). The van der Waals surface area contributed by atoms with Crippen LogP contribution >= 0.6 is 11.8 Å². The van der Waals surface area contributed by atoms with Gasteiger partial charge < -0.3 is 0 Å². The summed E-state index contributed by atoms with van der Waals surface area (Å²) in [4.78, 5) is 4.24. The van der Waals surface area contributed by atoms with Gasteiger partial charge in [-0.15, -0.1) is 0 Å². The quantitative estimate of drug-likeness (QED) is 0.580. The number of thioether (sulfide) groups is 1. The van der Waals surface area contributed by atoms with Crippen LogP contribution in [0.2, 0.25) is 0 Å². The molecule has 1 aliphatic heterocycles. The lowest BCUT2D eigenvalue weighted by atomic mass is 10.2. The van der Waals surface area contributed by atoms with Crippen LogP contribution in [0.5, 0.6) is 0 Å². The summed E-state index contributed by atoms with van der Waals surface area (Å²) in [5.41, 5.74) is 1.20. The standard InChI is InChI=1S/C9H7NS/c1-2-7-11-9-8(4-1)5-3-6-10-9/h1-7H. The molecule has 0 N–H and O–H groups in total. The lowest BCUT2D eigenvalue weighted by molar-refractivity contribution is 1.13. The summed E-state index contributed by atoms with van der Waals surface area (Å²) >= 11 is 1.66. The number of nitrogens with zero attached hydrogens (tertiary/aromatic N) is 1. The van der Waals surface area contributed by atoms with E-state index in [0.29, 0.717) is 0 Å². The first kappa shape index (κ1) is 6.68. The second-order valence-electron chi connectivity index (χ2n) is 2.20. The van der Waals surface area contributed by atoms with E-state index >= 15 is 0 Å². The van der Waals surface area contributed by atoms with Crippen LogP contribution in [-0.4, -0.2) is 4.98 Å². The molecule has 0 fully saturated rings. The van der Waals surface area contributed by atoms with Crippen molar-refractivity contribution in [1.29, 1.82) is 0 Å². The molecular formula is C9H7NS. The molecule has 2 heterocycles. The van der Waals surface area contributed by atoms with E-state index in [2.05, 4.69) is 17.1 Å². The second kappa shape index (κ2) is 2.93. The Hall–Kier alpha value is -1.02. The van der Waals surface area contributed by atoms with Gasteiger partial charge in [-0.2, -0.15) is 0 Å². The summed E-state index contributed by atoms with van der Waals surface area (Å²) in [6.45, 7) is 0. The minimum absolute atomic E-state index is 1.08. The highest BCUT2D eigenvalue weighted by Crippen LogP contribution is 2.24. The molecule has 0 radical (unpaired) electrons. The van der Waals surface area contributed by atoms with Crippen molar-refractivity contribution in [1.82, 2.24) is 4.98 Å². The monoisotopic (exact) mass is 161 g/mol. The number of aromatic nitrogens is 1. The van der Waals surface area contributed by atoms with Gasteiger partial charge in [0.2, 0.25) is 0 Å². The minimum Gasteiger partial charge on any atom is -0.249 e. The Kier molecular flexibility index (Phi) is 1.78.